The molecule has 1 atom stereocenters. The molecular weight excluding hydrogens is 284 g/mol. The number of rotatable bonds is 4. The molecule has 2 aliphatic rings. The number of para-hydroxylation sites is 1. The van der Waals surface area contributed by atoms with E-state index >= 15 is 0 Å². The van der Waals surface area contributed by atoms with Gasteiger partial charge in [0.1, 0.15) is 18.9 Å². The van der Waals surface area contributed by atoms with Gasteiger partial charge in [-0.1, -0.05) is 18.2 Å². The predicted molar refractivity (Wildman–Crippen MR) is 79.7 cm³/mol. The lowest BCUT2D eigenvalue weighted by atomic mass is 9.97. The Bertz CT molecular complexity index is 561. The van der Waals surface area contributed by atoms with Crippen LogP contribution < -0.4 is 10.1 Å². The molecule has 2 amide bonds. The number of benzene rings is 1. The van der Waals surface area contributed by atoms with Crippen molar-refractivity contribution in [3.8, 4) is 5.75 Å². The third kappa shape index (κ3) is 3.50. The Hall–Kier alpha value is -2.24. The summed E-state index contributed by atoms with van der Waals surface area (Å²) in [6.07, 6.45) is 1.38. The van der Waals surface area contributed by atoms with Gasteiger partial charge in [0.05, 0.1) is 13.2 Å². The topological polar surface area (TPSA) is 67.9 Å². The zero-order valence-corrected chi connectivity index (χ0v) is 12.4. The maximum Gasteiger partial charge on any atom is 0.410 e. The molecule has 0 radical (unpaired) electrons. The molecule has 22 heavy (non-hydrogen) atoms. The molecule has 0 aromatic heterocycles. The van der Waals surface area contributed by atoms with Gasteiger partial charge in [0.25, 0.3) is 0 Å². The van der Waals surface area contributed by atoms with E-state index < -0.39 is 6.09 Å². The van der Waals surface area contributed by atoms with E-state index in [0.29, 0.717) is 32.2 Å². The maximum atomic E-state index is 11.9. The zero-order valence-electron chi connectivity index (χ0n) is 12.4. The lowest BCUT2D eigenvalue weighted by Gasteiger charge is -2.16. The van der Waals surface area contributed by atoms with Crippen LogP contribution in [0.2, 0.25) is 0 Å². The van der Waals surface area contributed by atoms with Gasteiger partial charge < -0.3 is 14.8 Å². The Labute approximate surface area is 129 Å². The number of nitrogens with zero attached hydrogens (tertiary/aromatic N) is 1. The molecule has 0 aliphatic carbocycles. The standard InChI is InChI=1S/C16H20N2O4/c19-15(11-18-6-8-22-16(18)20)17-10-12-5-7-21-14-4-2-1-3-13(14)9-12/h1-4,12H,5-11H2,(H,17,19)/t12-/m0/s1. The molecular formula is C16H20N2O4. The lowest BCUT2D eigenvalue weighted by molar-refractivity contribution is -0.121. The smallest absolute Gasteiger partial charge is 0.410 e. The number of nitrogens with one attached hydrogen (secondary N) is 1. The van der Waals surface area contributed by atoms with E-state index in [1.54, 1.807) is 0 Å². The fourth-order valence-corrected chi connectivity index (χ4v) is 2.79. The second-order valence-corrected chi connectivity index (χ2v) is 5.66. The van der Waals surface area contributed by atoms with Gasteiger partial charge in [0.2, 0.25) is 5.91 Å². The fraction of sp³-hybridized carbons (Fsp3) is 0.500. The first-order chi connectivity index (χ1) is 10.7. The highest BCUT2D eigenvalue weighted by Gasteiger charge is 2.24. The molecule has 0 spiro atoms. The van der Waals surface area contributed by atoms with Crippen LogP contribution in [0.3, 0.4) is 0 Å². The van der Waals surface area contributed by atoms with Crippen LogP contribution >= 0.6 is 0 Å². The second-order valence-electron chi connectivity index (χ2n) is 5.66. The fourth-order valence-electron chi connectivity index (χ4n) is 2.79. The predicted octanol–water partition coefficient (Wildman–Crippen LogP) is 1.20. The molecule has 2 aliphatic heterocycles. The van der Waals surface area contributed by atoms with E-state index in [9.17, 15) is 9.59 Å². The maximum absolute atomic E-state index is 11.9. The van der Waals surface area contributed by atoms with Crippen molar-refractivity contribution in [3.63, 3.8) is 0 Å². The Morgan fingerprint density at radius 2 is 2.14 bits per heavy atom. The van der Waals surface area contributed by atoms with Crippen LogP contribution in [0.25, 0.3) is 0 Å². The van der Waals surface area contributed by atoms with Gasteiger partial charge in [0.15, 0.2) is 0 Å². The van der Waals surface area contributed by atoms with E-state index in [0.717, 1.165) is 18.6 Å². The summed E-state index contributed by atoms with van der Waals surface area (Å²) in [6.45, 7) is 2.17. The molecule has 1 aromatic carbocycles. The van der Waals surface area contributed by atoms with Crippen molar-refractivity contribution in [3.05, 3.63) is 29.8 Å². The Kier molecular flexibility index (Phi) is 4.46. The summed E-state index contributed by atoms with van der Waals surface area (Å²) in [4.78, 5) is 24.7. The van der Waals surface area contributed by atoms with Crippen molar-refractivity contribution in [1.82, 2.24) is 10.2 Å². The van der Waals surface area contributed by atoms with E-state index in [-0.39, 0.29) is 12.5 Å². The Balaban J connectivity index is 1.49. The van der Waals surface area contributed by atoms with Crippen molar-refractivity contribution < 1.29 is 19.1 Å². The van der Waals surface area contributed by atoms with Gasteiger partial charge in [-0.15, -0.1) is 0 Å². The molecule has 6 nitrogen and oxygen atoms in total. The minimum Gasteiger partial charge on any atom is -0.493 e. The van der Waals surface area contributed by atoms with Gasteiger partial charge in [-0.05, 0) is 30.4 Å². The second kappa shape index (κ2) is 6.68. The zero-order chi connectivity index (χ0) is 15.4. The normalized spacial score (nSPS) is 20.6. The minimum atomic E-state index is -0.410. The van der Waals surface area contributed by atoms with Crippen LogP contribution in [-0.2, 0) is 16.0 Å². The van der Waals surface area contributed by atoms with Crippen LogP contribution in [0, 0.1) is 5.92 Å². The van der Waals surface area contributed by atoms with E-state index in [1.807, 2.05) is 18.2 Å². The van der Waals surface area contributed by atoms with Crippen molar-refractivity contribution >= 4 is 12.0 Å². The van der Waals surface area contributed by atoms with Crippen LogP contribution in [-0.4, -0.2) is 49.7 Å². The molecule has 0 unspecified atom stereocenters. The summed E-state index contributed by atoms with van der Waals surface area (Å²) in [5.41, 5.74) is 1.18. The Morgan fingerprint density at radius 3 is 2.95 bits per heavy atom. The first-order valence-electron chi connectivity index (χ1n) is 7.61. The largest absolute Gasteiger partial charge is 0.493 e. The van der Waals surface area contributed by atoms with E-state index in [4.69, 9.17) is 9.47 Å². The van der Waals surface area contributed by atoms with Crippen LogP contribution in [0.4, 0.5) is 4.79 Å². The summed E-state index contributed by atoms with van der Waals surface area (Å²) in [7, 11) is 0. The highest BCUT2D eigenvalue weighted by molar-refractivity contribution is 5.82. The third-order valence-electron chi connectivity index (χ3n) is 4.03. The molecule has 0 bridgehead atoms. The van der Waals surface area contributed by atoms with Crippen molar-refractivity contribution in [2.45, 2.75) is 12.8 Å². The monoisotopic (exact) mass is 304 g/mol. The number of carbonyl (C=O) groups excluding carboxylic acids is 2. The third-order valence-corrected chi connectivity index (χ3v) is 4.03. The van der Waals surface area contributed by atoms with E-state index in [1.165, 1.54) is 10.5 Å². The minimum absolute atomic E-state index is 0.0681. The number of amides is 2. The highest BCUT2D eigenvalue weighted by atomic mass is 16.6. The molecule has 6 heteroatoms. The molecule has 1 aromatic rings. The van der Waals surface area contributed by atoms with Gasteiger partial charge in [-0.3, -0.25) is 9.69 Å². The van der Waals surface area contributed by atoms with Crippen molar-refractivity contribution in [1.29, 1.82) is 0 Å². The SMILES string of the molecule is O=C(CN1CCOC1=O)NC[C@H]1CCOc2ccccc2C1. The molecule has 1 N–H and O–H groups in total. The molecule has 118 valence electrons. The van der Waals surface area contributed by atoms with Crippen LogP contribution in [0.1, 0.15) is 12.0 Å². The van der Waals surface area contributed by atoms with Gasteiger partial charge in [-0.25, -0.2) is 4.79 Å². The van der Waals surface area contributed by atoms with Crippen LogP contribution in [0.5, 0.6) is 5.75 Å². The van der Waals surface area contributed by atoms with E-state index in [2.05, 4.69) is 11.4 Å². The first-order valence-corrected chi connectivity index (χ1v) is 7.61. The summed E-state index contributed by atoms with van der Waals surface area (Å²) in [5.74, 6) is 1.14. The van der Waals surface area contributed by atoms with Gasteiger partial charge in [-0.2, -0.15) is 0 Å². The quantitative estimate of drug-likeness (QED) is 0.907. The number of ether oxygens (including phenoxy) is 2. The molecule has 3 rings (SSSR count). The average Bonchev–Trinajstić information content (AvgIpc) is 2.81. The van der Waals surface area contributed by atoms with Crippen LogP contribution in [0.15, 0.2) is 24.3 Å². The summed E-state index contributed by atoms with van der Waals surface area (Å²) >= 11 is 0. The summed E-state index contributed by atoms with van der Waals surface area (Å²) in [5, 5.41) is 2.91. The lowest BCUT2D eigenvalue weighted by Crippen LogP contribution is -2.39. The van der Waals surface area contributed by atoms with Gasteiger partial charge in [0, 0.05) is 6.54 Å². The molecule has 1 saturated heterocycles. The summed E-state index contributed by atoms with van der Waals surface area (Å²) < 4.78 is 10.5. The average molecular weight is 304 g/mol. The van der Waals surface area contributed by atoms with Crippen molar-refractivity contribution in [2.75, 3.05) is 32.8 Å². The first kappa shape index (κ1) is 14.7. The number of hydrogen-bond acceptors (Lipinski definition) is 4. The number of cyclic esters (lactones) is 1. The Morgan fingerprint density at radius 1 is 1.27 bits per heavy atom. The number of carbonyl (C=O) groups is 2. The van der Waals surface area contributed by atoms with Crippen molar-refractivity contribution in [2.24, 2.45) is 5.92 Å². The molecule has 1 fully saturated rings. The molecule has 2 heterocycles. The molecule has 0 saturated carbocycles. The highest BCUT2D eigenvalue weighted by Crippen LogP contribution is 2.26. The summed E-state index contributed by atoms with van der Waals surface area (Å²) in [6, 6.07) is 8.02. The van der Waals surface area contributed by atoms with Gasteiger partial charge >= 0.3 is 6.09 Å². The number of hydrogen-bond donors (Lipinski definition) is 1. The number of fused-ring (bicyclic) bond motifs is 1.